The van der Waals surface area contributed by atoms with E-state index in [2.05, 4.69) is 39.6 Å². The highest BCUT2D eigenvalue weighted by Crippen LogP contribution is 2.18. The lowest BCUT2D eigenvalue weighted by Gasteiger charge is -2.18. The molecule has 1 unspecified atom stereocenters. The molecule has 0 fully saturated rings. The summed E-state index contributed by atoms with van der Waals surface area (Å²) in [4.78, 5) is 8.79. The highest BCUT2D eigenvalue weighted by atomic mass is 15.0. The zero-order valence-electron chi connectivity index (χ0n) is 11.7. The maximum atomic E-state index is 4.39. The van der Waals surface area contributed by atoms with Crippen LogP contribution < -0.4 is 5.32 Å². The third-order valence-electron chi connectivity index (χ3n) is 3.33. The van der Waals surface area contributed by atoms with Gasteiger partial charge in [0.1, 0.15) is 5.82 Å². The van der Waals surface area contributed by atoms with Crippen molar-refractivity contribution in [2.75, 3.05) is 0 Å². The first-order valence-corrected chi connectivity index (χ1v) is 7.02. The van der Waals surface area contributed by atoms with Crippen LogP contribution in [0.1, 0.15) is 23.0 Å². The standard InChI is InChI=1S/C18H17N3/c1-3-8-15(9-4-1)14-21-17(16-10-5-2-6-11-16)18-19-12-7-13-20-18/h1-13,17,21H,14H2. The first-order valence-electron chi connectivity index (χ1n) is 7.02. The monoisotopic (exact) mass is 275 g/mol. The van der Waals surface area contributed by atoms with Gasteiger partial charge in [-0.05, 0) is 17.2 Å². The van der Waals surface area contributed by atoms with Crippen molar-refractivity contribution in [3.05, 3.63) is 96.1 Å². The molecule has 0 aliphatic carbocycles. The molecule has 0 bridgehead atoms. The van der Waals surface area contributed by atoms with Crippen LogP contribution in [-0.4, -0.2) is 9.97 Å². The van der Waals surface area contributed by atoms with Crippen LogP contribution in [0.3, 0.4) is 0 Å². The predicted molar refractivity (Wildman–Crippen MR) is 83.6 cm³/mol. The minimum absolute atomic E-state index is 0.00685. The number of hydrogen-bond donors (Lipinski definition) is 1. The summed E-state index contributed by atoms with van der Waals surface area (Å²) in [6.07, 6.45) is 3.56. The largest absolute Gasteiger partial charge is 0.300 e. The third-order valence-corrected chi connectivity index (χ3v) is 3.33. The average molecular weight is 275 g/mol. The van der Waals surface area contributed by atoms with E-state index in [0.717, 1.165) is 12.4 Å². The van der Waals surface area contributed by atoms with Crippen molar-refractivity contribution in [1.29, 1.82) is 0 Å². The van der Waals surface area contributed by atoms with Crippen molar-refractivity contribution in [3.63, 3.8) is 0 Å². The van der Waals surface area contributed by atoms with E-state index in [-0.39, 0.29) is 6.04 Å². The second-order valence-corrected chi connectivity index (χ2v) is 4.82. The van der Waals surface area contributed by atoms with Crippen molar-refractivity contribution in [1.82, 2.24) is 15.3 Å². The summed E-state index contributed by atoms with van der Waals surface area (Å²) in [5, 5.41) is 3.54. The third kappa shape index (κ3) is 3.52. The predicted octanol–water partition coefficient (Wildman–Crippen LogP) is 3.36. The Hall–Kier alpha value is -2.52. The van der Waals surface area contributed by atoms with Gasteiger partial charge in [0.25, 0.3) is 0 Å². The van der Waals surface area contributed by atoms with E-state index < -0.39 is 0 Å². The van der Waals surface area contributed by atoms with Gasteiger partial charge in [0.2, 0.25) is 0 Å². The average Bonchev–Trinajstić information content (AvgIpc) is 2.58. The first-order chi connectivity index (χ1) is 10.4. The van der Waals surface area contributed by atoms with Gasteiger partial charge in [-0.2, -0.15) is 0 Å². The van der Waals surface area contributed by atoms with Gasteiger partial charge in [-0.15, -0.1) is 0 Å². The molecule has 3 aromatic rings. The molecule has 104 valence electrons. The molecule has 1 heterocycles. The molecule has 1 atom stereocenters. The maximum absolute atomic E-state index is 4.39. The van der Waals surface area contributed by atoms with E-state index in [1.54, 1.807) is 12.4 Å². The van der Waals surface area contributed by atoms with Gasteiger partial charge < -0.3 is 0 Å². The van der Waals surface area contributed by atoms with Gasteiger partial charge in [-0.1, -0.05) is 60.7 Å². The fourth-order valence-corrected chi connectivity index (χ4v) is 2.28. The highest BCUT2D eigenvalue weighted by molar-refractivity contribution is 5.25. The molecule has 21 heavy (non-hydrogen) atoms. The van der Waals surface area contributed by atoms with E-state index in [9.17, 15) is 0 Å². The minimum atomic E-state index is -0.00685. The van der Waals surface area contributed by atoms with Crippen molar-refractivity contribution in [3.8, 4) is 0 Å². The van der Waals surface area contributed by atoms with Crippen molar-refractivity contribution in [2.24, 2.45) is 0 Å². The van der Waals surface area contributed by atoms with Crippen molar-refractivity contribution < 1.29 is 0 Å². The van der Waals surface area contributed by atoms with Gasteiger partial charge in [0.15, 0.2) is 0 Å². The van der Waals surface area contributed by atoms with Crippen LogP contribution in [-0.2, 0) is 6.54 Å². The number of aromatic nitrogens is 2. The van der Waals surface area contributed by atoms with Gasteiger partial charge >= 0.3 is 0 Å². The fourth-order valence-electron chi connectivity index (χ4n) is 2.28. The Balaban J connectivity index is 1.83. The van der Waals surface area contributed by atoms with Gasteiger partial charge in [-0.25, -0.2) is 9.97 Å². The molecule has 1 aromatic heterocycles. The number of nitrogens with one attached hydrogen (secondary N) is 1. The number of hydrogen-bond acceptors (Lipinski definition) is 3. The lowest BCUT2D eigenvalue weighted by molar-refractivity contribution is 0.575. The van der Waals surface area contributed by atoms with Gasteiger partial charge in [-0.3, -0.25) is 5.32 Å². The van der Waals surface area contributed by atoms with Crippen LogP contribution >= 0.6 is 0 Å². The molecule has 0 aliphatic heterocycles. The van der Waals surface area contributed by atoms with Crippen LogP contribution in [0.4, 0.5) is 0 Å². The Labute approximate surface area is 124 Å². The summed E-state index contributed by atoms with van der Waals surface area (Å²) in [5.74, 6) is 0.791. The minimum Gasteiger partial charge on any atom is -0.300 e. The van der Waals surface area contributed by atoms with E-state index in [1.165, 1.54) is 11.1 Å². The maximum Gasteiger partial charge on any atom is 0.149 e. The number of rotatable bonds is 5. The quantitative estimate of drug-likeness (QED) is 0.776. The molecule has 3 rings (SSSR count). The first kappa shape index (κ1) is 13.5. The summed E-state index contributed by atoms with van der Waals surface area (Å²) in [5.41, 5.74) is 2.41. The summed E-state index contributed by atoms with van der Waals surface area (Å²) >= 11 is 0. The topological polar surface area (TPSA) is 37.8 Å². The summed E-state index contributed by atoms with van der Waals surface area (Å²) in [6.45, 7) is 0.776. The highest BCUT2D eigenvalue weighted by Gasteiger charge is 2.15. The van der Waals surface area contributed by atoms with Crippen LogP contribution in [0.5, 0.6) is 0 Å². The van der Waals surface area contributed by atoms with E-state index in [4.69, 9.17) is 0 Å². The smallest absolute Gasteiger partial charge is 0.149 e. The van der Waals surface area contributed by atoms with Crippen molar-refractivity contribution in [2.45, 2.75) is 12.6 Å². The molecule has 0 amide bonds. The molecule has 0 radical (unpaired) electrons. The number of nitrogens with zero attached hydrogens (tertiary/aromatic N) is 2. The molecular formula is C18H17N3. The van der Waals surface area contributed by atoms with Gasteiger partial charge in [0, 0.05) is 18.9 Å². The number of benzene rings is 2. The van der Waals surface area contributed by atoms with E-state index >= 15 is 0 Å². The Morgan fingerprint density at radius 1 is 0.762 bits per heavy atom. The molecule has 0 saturated heterocycles. The van der Waals surface area contributed by atoms with Gasteiger partial charge in [0.05, 0.1) is 6.04 Å². The molecule has 0 spiro atoms. The second-order valence-electron chi connectivity index (χ2n) is 4.82. The Kier molecular flexibility index (Phi) is 4.34. The SMILES string of the molecule is c1ccc(CNC(c2ccccc2)c2ncccn2)cc1. The second kappa shape index (κ2) is 6.77. The summed E-state index contributed by atoms with van der Waals surface area (Å²) in [6, 6.07) is 22.5. The summed E-state index contributed by atoms with van der Waals surface area (Å²) in [7, 11) is 0. The Morgan fingerprint density at radius 3 is 2.05 bits per heavy atom. The zero-order chi connectivity index (χ0) is 14.3. The zero-order valence-corrected chi connectivity index (χ0v) is 11.7. The van der Waals surface area contributed by atoms with Crippen LogP contribution in [0.15, 0.2) is 79.1 Å². The van der Waals surface area contributed by atoms with Crippen LogP contribution in [0, 0.1) is 0 Å². The fraction of sp³-hybridized carbons (Fsp3) is 0.111. The Bertz CT molecular complexity index is 614. The molecule has 3 nitrogen and oxygen atoms in total. The van der Waals surface area contributed by atoms with E-state index in [0.29, 0.717) is 0 Å². The molecule has 0 saturated carbocycles. The normalized spacial score (nSPS) is 12.0. The molecular weight excluding hydrogens is 258 g/mol. The Morgan fingerprint density at radius 2 is 1.38 bits per heavy atom. The van der Waals surface area contributed by atoms with Crippen LogP contribution in [0.2, 0.25) is 0 Å². The molecule has 3 heteroatoms. The molecule has 2 aromatic carbocycles. The molecule has 0 aliphatic rings. The molecule has 1 N–H and O–H groups in total. The lowest BCUT2D eigenvalue weighted by atomic mass is 10.1. The van der Waals surface area contributed by atoms with Crippen molar-refractivity contribution >= 4 is 0 Å². The van der Waals surface area contributed by atoms with Crippen LogP contribution in [0.25, 0.3) is 0 Å². The van der Waals surface area contributed by atoms with E-state index in [1.807, 2.05) is 42.5 Å². The lowest BCUT2D eigenvalue weighted by Crippen LogP contribution is -2.23. The summed E-state index contributed by atoms with van der Waals surface area (Å²) < 4.78 is 0.